The van der Waals surface area contributed by atoms with E-state index in [9.17, 15) is 0 Å². The Morgan fingerprint density at radius 3 is 1.09 bits per heavy atom. The zero-order valence-electron chi connectivity index (χ0n) is 36.8. The highest BCUT2D eigenvalue weighted by Crippen LogP contribution is 2.42. The molecule has 4 heteroatoms. The lowest BCUT2D eigenvalue weighted by Gasteiger charge is -2.30. The van der Waals surface area contributed by atoms with Crippen LogP contribution < -0.4 is 19.3 Å². The fourth-order valence-corrected chi connectivity index (χ4v) is 9.60. The molecule has 2 aliphatic carbocycles. The molecule has 0 radical (unpaired) electrons. The average molecular weight is 835 g/mol. The summed E-state index contributed by atoms with van der Waals surface area (Å²) in [5.41, 5.74) is 17.6. The molecule has 0 atom stereocenters. The lowest BCUT2D eigenvalue weighted by molar-refractivity contribution is 0.414. The van der Waals surface area contributed by atoms with Crippen LogP contribution in [0.25, 0.3) is 35.1 Å². The number of anilines is 6. The molecule has 0 spiro atoms. The van der Waals surface area contributed by atoms with Crippen molar-refractivity contribution in [2.24, 2.45) is 0 Å². The van der Waals surface area contributed by atoms with Gasteiger partial charge in [-0.25, -0.2) is 0 Å². The maximum Gasteiger partial charge on any atom is 0.119 e. The van der Waals surface area contributed by atoms with Gasteiger partial charge in [0.15, 0.2) is 0 Å². The Balaban J connectivity index is 0.845. The van der Waals surface area contributed by atoms with Crippen molar-refractivity contribution < 1.29 is 9.47 Å². The van der Waals surface area contributed by atoms with Crippen LogP contribution in [0.5, 0.6) is 11.5 Å². The van der Waals surface area contributed by atoms with Crippen molar-refractivity contribution in [2.45, 2.75) is 51.4 Å². The number of hydrogen-bond acceptors (Lipinski definition) is 4. The summed E-state index contributed by atoms with van der Waals surface area (Å²) in [7, 11) is 3.44. The molecule has 0 bridgehead atoms. The monoisotopic (exact) mass is 834 g/mol. The molecule has 0 N–H and O–H groups in total. The molecule has 0 unspecified atom stereocenters. The van der Waals surface area contributed by atoms with Gasteiger partial charge in [0.2, 0.25) is 0 Å². The van der Waals surface area contributed by atoms with Crippen LogP contribution in [0.3, 0.4) is 0 Å². The van der Waals surface area contributed by atoms with Gasteiger partial charge >= 0.3 is 0 Å². The average Bonchev–Trinajstić information content (AvgIpc) is 3.36. The summed E-state index contributed by atoms with van der Waals surface area (Å²) in [5, 5.41) is 2.45. The van der Waals surface area contributed by atoms with Crippen molar-refractivity contribution in [1.29, 1.82) is 0 Å². The van der Waals surface area contributed by atoms with E-state index in [1.54, 1.807) is 14.2 Å². The molecule has 0 aromatic heterocycles. The number of benzene rings is 8. The highest BCUT2D eigenvalue weighted by molar-refractivity contribution is 5.89. The SMILES string of the molecule is COc1ccc(N(c2ccc(C=Cc3ccc4cc(C=Cc5ccc(N(c6ccc(OC)cc6)c6cccc7c6CCCC7)cc5)ccc4c3)cc2)c2cccc3c2CCCC3)cc1. The quantitative estimate of drug-likeness (QED) is 0.115. The highest BCUT2D eigenvalue weighted by atomic mass is 16.5. The zero-order valence-corrected chi connectivity index (χ0v) is 36.8. The molecule has 0 amide bonds. The summed E-state index contributed by atoms with van der Waals surface area (Å²) in [5.74, 6) is 1.72. The zero-order chi connectivity index (χ0) is 43.2. The molecule has 0 heterocycles. The van der Waals surface area contributed by atoms with Crippen LogP contribution in [0.1, 0.15) is 70.2 Å². The van der Waals surface area contributed by atoms with Gasteiger partial charge in [0, 0.05) is 34.1 Å². The maximum atomic E-state index is 5.50. The van der Waals surface area contributed by atoms with Crippen LogP contribution in [-0.4, -0.2) is 14.2 Å². The van der Waals surface area contributed by atoms with Crippen LogP contribution in [0, 0.1) is 0 Å². The predicted molar refractivity (Wildman–Crippen MR) is 270 cm³/mol. The number of hydrogen-bond donors (Lipinski definition) is 0. The molecule has 0 saturated heterocycles. The van der Waals surface area contributed by atoms with E-state index >= 15 is 0 Å². The van der Waals surface area contributed by atoms with E-state index in [1.165, 1.54) is 81.2 Å². The van der Waals surface area contributed by atoms with Crippen molar-refractivity contribution in [3.8, 4) is 11.5 Å². The third-order valence-corrected chi connectivity index (χ3v) is 13.0. The molecule has 2 aliphatic rings. The lowest BCUT2D eigenvalue weighted by atomic mass is 9.90. The van der Waals surface area contributed by atoms with Crippen molar-refractivity contribution in [2.75, 3.05) is 24.0 Å². The standard InChI is InChI=1S/C60H54N2O2/c1-63-55-37-33-53(34-38-55)61(59-15-7-11-47-9-3-5-13-57(47)59)51-29-23-43(24-30-51)17-19-45-21-27-50-42-46(22-28-49(50)41-45)20-18-44-25-31-52(32-26-44)62(54-35-39-56(64-2)40-36-54)60-16-8-12-48-10-4-6-14-58(48)60/h7-8,11-12,15-42H,3-6,9-10,13-14H2,1-2H3. The molecule has 8 aromatic rings. The molecule has 64 heavy (non-hydrogen) atoms. The molecule has 0 aliphatic heterocycles. The Labute approximate surface area is 378 Å². The number of ether oxygens (including phenoxy) is 2. The van der Waals surface area contributed by atoms with Crippen molar-refractivity contribution in [1.82, 2.24) is 0 Å². The van der Waals surface area contributed by atoms with Gasteiger partial charge in [-0.3, -0.25) is 0 Å². The molecule has 0 fully saturated rings. The fraction of sp³-hybridized carbons (Fsp3) is 0.167. The second-order valence-electron chi connectivity index (χ2n) is 17.0. The summed E-state index contributed by atoms with van der Waals surface area (Å²) in [6, 6.07) is 61.6. The molecule has 10 rings (SSSR count). The molecular formula is C60H54N2O2. The van der Waals surface area contributed by atoms with Gasteiger partial charge in [-0.2, -0.15) is 0 Å². The molecule has 316 valence electrons. The summed E-state index contributed by atoms with van der Waals surface area (Å²) in [6.07, 6.45) is 18.3. The summed E-state index contributed by atoms with van der Waals surface area (Å²) < 4.78 is 11.0. The lowest BCUT2D eigenvalue weighted by Crippen LogP contribution is -2.15. The van der Waals surface area contributed by atoms with Gasteiger partial charge in [0.1, 0.15) is 11.5 Å². The first-order valence-corrected chi connectivity index (χ1v) is 22.8. The molecular weight excluding hydrogens is 781 g/mol. The van der Waals surface area contributed by atoms with Crippen LogP contribution in [0.2, 0.25) is 0 Å². The number of fused-ring (bicyclic) bond motifs is 3. The minimum Gasteiger partial charge on any atom is -0.497 e. The Hall–Kier alpha value is -7.30. The first-order valence-electron chi connectivity index (χ1n) is 22.8. The summed E-state index contributed by atoms with van der Waals surface area (Å²) in [4.78, 5) is 4.80. The van der Waals surface area contributed by atoms with Gasteiger partial charge in [-0.05, 0) is 204 Å². The first-order chi connectivity index (χ1) is 31.6. The number of nitrogens with zero attached hydrogens (tertiary/aromatic N) is 2. The Bertz CT molecular complexity index is 2740. The van der Waals surface area contributed by atoms with E-state index in [0.717, 1.165) is 71.1 Å². The largest absolute Gasteiger partial charge is 0.497 e. The Morgan fingerprint density at radius 2 is 0.703 bits per heavy atom. The van der Waals surface area contributed by atoms with Crippen LogP contribution >= 0.6 is 0 Å². The minimum absolute atomic E-state index is 0.859. The molecule has 4 nitrogen and oxygen atoms in total. The van der Waals surface area contributed by atoms with E-state index in [2.05, 4.69) is 180 Å². The maximum absolute atomic E-state index is 5.50. The van der Waals surface area contributed by atoms with Gasteiger partial charge < -0.3 is 19.3 Å². The van der Waals surface area contributed by atoms with E-state index in [0.29, 0.717) is 0 Å². The topological polar surface area (TPSA) is 24.9 Å². The number of rotatable bonds is 12. The number of aryl methyl sites for hydroxylation is 2. The van der Waals surface area contributed by atoms with Crippen LogP contribution in [0.4, 0.5) is 34.1 Å². The predicted octanol–water partition coefficient (Wildman–Crippen LogP) is 15.9. The van der Waals surface area contributed by atoms with Gasteiger partial charge in [0.05, 0.1) is 14.2 Å². The van der Waals surface area contributed by atoms with Gasteiger partial charge in [-0.1, -0.05) is 97.1 Å². The summed E-state index contributed by atoms with van der Waals surface area (Å²) >= 11 is 0. The number of methoxy groups -OCH3 is 2. The van der Waals surface area contributed by atoms with E-state index in [1.807, 2.05) is 24.3 Å². The second kappa shape index (κ2) is 18.6. The normalized spacial score (nSPS) is 13.5. The third kappa shape index (κ3) is 8.69. The van der Waals surface area contributed by atoms with Crippen molar-refractivity contribution in [3.63, 3.8) is 0 Å². The van der Waals surface area contributed by atoms with E-state index in [4.69, 9.17) is 9.47 Å². The Morgan fingerprint density at radius 1 is 0.359 bits per heavy atom. The van der Waals surface area contributed by atoms with E-state index < -0.39 is 0 Å². The van der Waals surface area contributed by atoms with Crippen molar-refractivity contribution >= 4 is 69.2 Å². The van der Waals surface area contributed by atoms with Crippen molar-refractivity contribution in [3.05, 3.63) is 214 Å². The van der Waals surface area contributed by atoms with Gasteiger partial charge in [0.25, 0.3) is 0 Å². The second-order valence-corrected chi connectivity index (χ2v) is 17.0. The fourth-order valence-electron chi connectivity index (χ4n) is 9.60. The summed E-state index contributed by atoms with van der Waals surface area (Å²) in [6.45, 7) is 0. The smallest absolute Gasteiger partial charge is 0.119 e. The Kier molecular flexibility index (Phi) is 11.8. The first kappa shape index (κ1) is 40.8. The van der Waals surface area contributed by atoms with Crippen LogP contribution in [0.15, 0.2) is 170 Å². The van der Waals surface area contributed by atoms with Crippen LogP contribution in [-0.2, 0) is 25.7 Å². The molecule has 8 aromatic carbocycles. The minimum atomic E-state index is 0.859. The van der Waals surface area contributed by atoms with E-state index in [-0.39, 0.29) is 0 Å². The van der Waals surface area contributed by atoms with Gasteiger partial charge in [-0.15, -0.1) is 0 Å². The third-order valence-electron chi connectivity index (χ3n) is 13.0. The molecule has 0 saturated carbocycles. The highest BCUT2D eigenvalue weighted by Gasteiger charge is 2.22.